The zero-order valence-electron chi connectivity index (χ0n) is 15.7. The first-order valence-corrected chi connectivity index (χ1v) is 8.50. The average Bonchev–Trinajstić information content (AvgIpc) is 2.65. The highest BCUT2D eigenvalue weighted by Crippen LogP contribution is 2.28. The second-order valence-electron chi connectivity index (χ2n) is 6.20. The van der Waals surface area contributed by atoms with E-state index in [-0.39, 0.29) is 12.5 Å². The zero-order valence-corrected chi connectivity index (χ0v) is 15.7. The minimum Gasteiger partial charge on any atom is -0.497 e. The average molecular weight is 358 g/mol. The lowest BCUT2D eigenvalue weighted by atomic mass is 10.2. The van der Waals surface area contributed by atoms with Crippen molar-refractivity contribution in [2.75, 3.05) is 38.0 Å². The van der Waals surface area contributed by atoms with E-state index in [0.717, 1.165) is 5.75 Å². The van der Waals surface area contributed by atoms with Crippen molar-refractivity contribution in [1.29, 1.82) is 0 Å². The topological polar surface area (TPSA) is 68.8 Å². The molecule has 0 aliphatic rings. The van der Waals surface area contributed by atoms with Crippen molar-refractivity contribution in [3.05, 3.63) is 42.5 Å². The first kappa shape index (κ1) is 19.4. The highest BCUT2D eigenvalue weighted by atomic mass is 16.5. The van der Waals surface area contributed by atoms with Crippen LogP contribution in [0.5, 0.6) is 17.2 Å². The number of amides is 1. The number of methoxy groups -OCH3 is 2. The lowest BCUT2D eigenvalue weighted by Gasteiger charge is -2.13. The molecule has 0 aromatic heterocycles. The van der Waals surface area contributed by atoms with E-state index in [9.17, 15) is 4.79 Å². The SMILES string of the molecule is COc1ccc(OC)c(NCC(=O)Nc2ccc(OCC(C)C)cc2)c1. The van der Waals surface area contributed by atoms with Gasteiger partial charge in [-0.2, -0.15) is 0 Å². The van der Waals surface area contributed by atoms with E-state index in [1.807, 2.05) is 24.3 Å². The smallest absolute Gasteiger partial charge is 0.243 e. The summed E-state index contributed by atoms with van der Waals surface area (Å²) in [5.41, 5.74) is 1.41. The Morgan fingerprint density at radius 3 is 2.31 bits per heavy atom. The van der Waals surface area contributed by atoms with Gasteiger partial charge in [-0.25, -0.2) is 0 Å². The Labute approximate surface area is 154 Å². The number of anilines is 2. The lowest BCUT2D eigenvalue weighted by Crippen LogP contribution is -2.22. The van der Waals surface area contributed by atoms with E-state index in [2.05, 4.69) is 24.5 Å². The molecule has 2 rings (SSSR count). The second kappa shape index (κ2) is 9.56. The van der Waals surface area contributed by atoms with Crippen molar-refractivity contribution >= 4 is 17.3 Å². The summed E-state index contributed by atoms with van der Waals surface area (Å²) < 4.78 is 16.1. The van der Waals surface area contributed by atoms with Crippen LogP contribution in [0.15, 0.2) is 42.5 Å². The maximum Gasteiger partial charge on any atom is 0.243 e. The van der Waals surface area contributed by atoms with Crippen LogP contribution in [0.4, 0.5) is 11.4 Å². The van der Waals surface area contributed by atoms with Crippen LogP contribution in [-0.4, -0.2) is 33.3 Å². The van der Waals surface area contributed by atoms with Crippen molar-refractivity contribution < 1.29 is 19.0 Å². The van der Waals surface area contributed by atoms with Crippen molar-refractivity contribution in [3.8, 4) is 17.2 Å². The van der Waals surface area contributed by atoms with Crippen LogP contribution in [0.2, 0.25) is 0 Å². The number of ether oxygens (including phenoxy) is 3. The molecule has 6 nitrogen and oxygen atoms in total. The first-order valence-electron chi connectivity index (χ1n) is 8.50. The highest BCUT2D eigenvalue weighted by Gasteiger charge is 2.08. The van der Waals surface area contributed by atoms with E-state index in [4.69, 9.17) is 14.2 Å². The van der Waals surface area contributed by atoms with Crippen LogP contribution in [0.25, 0.3) is 0 Å². The summed E-state index contributed by atoms with van der Waals surface area (Å²) in [5, 5.41) is 5.90. The number of hydrogen-bond donors (Lipinski definition) is 2. The molecule has 0 aliphatic carbocycles. The molecule has 0 saturated carbocycles. The molecule has 2 N–H and O–H groups in total. The number of carbonyl (C=O) groups is 1. The lowest BCUT2D eigenvalue weighted by molar-refractivity contribution is -0.114. The minimum absolute atomic E-state index is 0.106. The monoisotopic (exact) mass is 358 g/mol. The molecule has 140 valence electrons. The molecule has 1 amide bonds. The van der Waals surface area contributed by atoms with Crippen LogP contribution >= 0.6 is 0 Å². The summed E-state index contributed by atoms with van der Waals surface area (Å²) in [5.74, 6) is 2.42. The first-order chi connectivity index (χ1) is 12.5. The maximum absolute atomic E-state index is 12.2. The van der Waals surface area contributed by atoms with Crippen LogP contribution in [0.1, 0.15) is 13.8 Å². The van der Waals surface area contributed by atoms with E-state index in [0.29, 0.717) is 35.4 Å². The Morgan fingerprint density at radius 1 is 1.00 bits per heavy atom. The summed E-state index contributed by atoms with van der Waals surface area (Å²) in [6, 6.07) is 12.7. The summed E-state index contributed by atoms with van der Waals surface area (Å²) in [6.45, 7) is 4.96. The van der Waals surface area contributed by atoms with Gasteiger partial charge in [0, 0.05) is 11.8 Å². The number of nitrogens with one attached hydrogen (secondary N) is 2. The molecule has 0 unspecified atom stereocenters. The van der Waals surface area contributed by atoms with Crippen LogP contribution in [0.3, 0.4) is 0 Å². The van der Waals surface area contributed by atoms with Crippen molar-refractivity contribution in [3.63, 3.8) is 0 Å². The van der Waals surface area contributed by atoms with Crippen molar-refractivity contribution in [2.24, 2.45) is 5.92 Å². The van der Waals surface area contributed by atoms with E-state index >= 15 is 0 Å². The minimum atomic E-state index is -0.161. The third kappa shape index (κ3) is 5.88. The molecule has 0 radical (unpaired) electrons. The van der Waals surface area contributed by atoms with E-state index in [1.165, 1.54) is 0 Å². The molecule has 0 fully saturated rings. The van der Waals surface area contributed by atoms with Gasteiger partial charge in [-0.05, 0) is 42.3 Å². The Bertz CT molecular complexity index is 714. The van der Waals surface area contributed by atoms with E-state index < -0.39 is 0 Å². The Morgan fingerprint density at radius 2 is 1.69 bits per heavy atom. The molecule has 0 spiro atoms. The van der Waals surface area contributed by atoms with Gasteiger partial charge in [0.25, 0.3) is 0 Å². The molecule has 0 aliphatic heterocycles. The molecule has 0 saturated heterocycles. The highest BCUT2D eigenvalue weighted by molar-refractivity contribution is 5.94. The van der Waals surface area contributed by atoms with Crippen molar-refractivity contribution in [2.45, 2.75) is 13.8 Å². The maximum atomic E-state index is 12.2. The molecule has 6 heteroatoms. The van der Waals surface area contributed by atoms with Gasteiger partial charge in [0.2, 0.25) is 5.91 Å². The normalized spacial score (nSPS) is 10.3. The van der Waals surface area contributed by atoms with Gasteiger partial charge in [0.1, 0.15) is 17.2 Å². The van der Waals surface area contributed by atoms with Crippen molar-refractivity contribution in [1.82, 2.24) is 0 Å². The zero-order chi connectivity index (χ0) is 18.9. The van der Waals surface area contributed by atoms with Gasteiger partial charge in [-0.3, -0.25) is 4.79 Å². The van der Waals surface area contributed by atoms with Gasteiger partial charge in [-0.15, -0.1) is 0 Å². The molecular formula is C20H26N2O4. The van der Waals surface area contributed by atoms with Gasteiger partial charge < -0.3 is 24.8 Å². The summed E-state index contributed by atoms with van der Waals surface area (Å²) >= 11 is 0. The molecular weight excluding hydrogens is 332 g/mol. The fourth-order valence-electron chi connectivity index (χ4n) is 2.23. The largest absolute Gasteiger partial charge is 0.497 e. The number of hydrogen-bond acceptors (Lipinski definition) is 5. The third-order valence-corrected chi connectivity index (χ3v) is 3.57. The quantitative estimate of drug-likeness (QED) is 0.714. The Hall–Kier alpha value is -2.89. The van der Waals surface area contributed by atoms with Gasteiger partial charge >= 0.3 is 0 Å². The summed E-state index contributed by atoms with van der Waals surface area (Å²) in [7, 11) is 3.17. The van der Waals surface area contributed by atoms with Crippen LogP contribution in [-0.2, 0) is 4.79 Å². The standard InChI is InChI=1S/C20H26N2O4/c1-14(2)13-26-16-7-5-15(6-8-16)22-20(23)12-21-18-11-17(24-3)9-10-19(18)25-4/h5-11,14,21H,12-13H2,1-4H3,(H,22,23). The second-order valence-corrected chi connectivity index (χ2v) is 6.20. The van der Waals surface area contributed by atoms with Gasteiger partial charge in [0.05, 0.1) is 33.1 Å². The molecule has 0 bridgehead atoms. The predicted octanol–water partition coefficient (Wildman–Crippen LogP) is 3.79. The fraction of sp³-hybridized carbons (Fsp3) is 0.350. The van der Waals surface area contributed by atoms with Gasteiger partial charge in [-0.1, -0.05) is 13.8 Å². The number of benzene rings is 2. The van der Waals surface area contributed by atoms with Crippen LogP contribution in [0, 0.1) is 5.92 Å². The number of carbonyl (C=O) groups excluding carboxylic acids is 1. The molecule has 2 aromatic carbocycles. The van der Waals surface area contributed by atoms with Crippen LogP contribution < -0.4 is 24.8 Å². The summed E-state index contributed by atoms with van der Waals surface area (Å²) in [4.78, 5) is 12.2. The van der Waals surface area contributed by atoms with Gasteiger partial charge in [0.15, 0.2) is 0 Å². The summed E-state index contributed by atoms with van der Waals surface area (Å²) in [6.07, 6.45) is 0. The molecule has 0 atom stereocenters. The van der Waals surface area contributed by atoms with E-state index in [1.54, 1.807) is 32.4 Å². The third-order valence-electron chi connectivity index (χ3n) is 3.57. The number of rotatable bonds is 9. The Kier molecular flexibility index (Phi) is 7.14. The molecule has 0 heterocycles. The fourth-order valence-corrected chi connectivity index (χ4v) is 2.23. The predicted molar refractivity (Wildman–Crippen MR) is 103 cm³/mol. The molecule has 26 heavy (non-hydrogen) atoms. The molecule has 2 aromatic rings. The Balaban J connectivity index is 1.89.